The third-order valence-corrected chi connectivity index (χ3v) is 3.38. The van der Waals surface area contributed by atoms with E-state index in [0.29, 0.717) is 6.54 Å². The maximum Gasteiger partial charge on any atom is 0.418 e. The molecule has 0 unspecified atom stereocenters. The van der Waals surface area contributed by atoms with Crippen LogP contribution >= 0.6 is 0 Å². The van der Waals surface area contributed by atoms with Gasteiger partial charge in [0.05, 0.1) is 5.57 Å². The minimum atomic E-state index is -4.78. The first-order valence-electron chi connectivity index (χ1n) is 6.80. The van der Waals surface area contributed by atoms with E-state index in [2.05, 4.69) is 0 Å². The van der Waals surface area contributed by atoms with Crippen LogP contribution in [0.1, 0.15) is 12.5 Å². The van der Waals surface area contributed by atoms with Gasteiger partial charge in [0.1, 0.15) is 17.7 Å². The number of fused-ring (bicyclic) bond motifs is 1. The van der Waals surface area contributed by atoms with Crippen molar-refractivity contribution in [2.75, 3.05) is 11.4 Å². The summed E-state index contributed by atoms with van der Waals surface area (Å²) in [7, 11) is 0. The van der Waals surface area contributed by atoms with Crippen LogP contribution in [0.5, 0.6) is 0 Å². The Morgan fingerprint density at radius 3 is 2.39 bits per heavy atom. The second-order valence-corrected chi connectivity index (χ2v) is 4.72. The maximum atomic E-state index is 13.2. The van der Waals surface area contributed by atoms with Gasteiger partial charge in [-0.3, -0.25) is 0 Å². The van der Waals surface area contributed by atoms with Crippen molar-refractivity contribution < 1.29 is 13.2 Å². The average Bonchev–Trinajstić information content (AvgIpc) is 2.53. The summed E-state index contributed by atoms with van der Waals surface area (Å²) in [6, 6.07) is 9.94. The number of hydrogen-bond donors (Lipinski definition) is 0. The third-order valence-electron chi connectivity index (χ3n) is 3.38. The van der Waals surface area contributed by atoms with E-state index >= 15 is 0 Å². The number of alkyl halides is 3. The Bertz CT molecular complexity index is 771. The third kappa shape index (κ3) is 3.27. The summed E-state index contributed by atoms with van der Waals surface area (Å²) >= 11 is 0. The Balaban J connectivity index is 2.61. The first kappa shape index (κ1) is 16.4. The van der Waals surface area contributed by atoms with Gasteiger partial charge in [0.15, 0.2) is 0 Å². The van der Waals surface area contributed by atoms with E-state index < -0.39 is 17.3 Å². The molecule has 1 aliphatic rings. The molecule has 1 heterocycles. The number of benzene rings is 1. The number of likely N-dealkylation sites (N-methyl/N-ethyl adjacent to an activating group) is 1. The molecule has 1 aromatic rings. The minimum Gasteiger partial charge on any atom is -0.341 e. The molecule has 1 aromatic carbocycles. The Labute approximate surface area is 131 Å². The largest absolute Gasteiger partial charge is 0.418 e. The standard InChI is InChI=1S/C17H12F3N3/c1-2-23-14(8-7-12-5-3-4-6-16(12)23)9-15(17(18,19)20)13(10-21)11-22/h3-9H,2H2,1H3. The molecule has 23 heavy (non-hydrogen) atoms. The van der Waals surface area contributed by atoms with Gasteiger partial charge in [-0.25, -0.2) is 0 Å². The van der Waals surface area contributed by atoms with Gasteiger partial charge in [-0.2, -0.15) is 23.7 Å². The monoisotopic (exact) mass is 315 g/mol. The van der Waals surface area contributed by atoms with Gasteiger partial charge in [0, 0.05) is 17.9 Å². The molecular formula is C17H12F3N3. The van der Waals surface area contributed by atoms with Crippen molar-refractivity contribution in [2.24, 2.45) is 0 Å². The zero-order valence-corrected chi connectivity index (χ0v) is 12.2. The molecule has 0 fully saturated rings. The molecule has 0 spiro atoms. The van der Waals surface area contributed by atoms with Crippen molar-refractivity contribution in [2.45, 2.75) is 13.1 Å². The molecule has 0 aliphatic carbocycles. The number of allylic oxidation sites excluding steroid dienone is 4. The van der Waals surface area contributed by atoms with Crippen LogP contribution in [0.2, 0.25) is 0 Å². The normalized spacial score (nSPS) is 14.9. The molecule has 0 radical (unpaired) electrons. The van der Waals surface area contributed by atoms with Gasteiger partial charge in [-0.15, -0.1) is 0 Å². The number of nitrogens with zero attached hydrogens (tertiary/aromatic N) is 3. The van der Waals surface area contributed by atoms with Crippen molar-refractivity contribution in [1.82, 2.24) is 0 Å². The summed E-state index contributed by atoms with van der Waals surface area (Å²) in [5.74, 6) is 0. The molecular weight excluding hydrogens is 303 g/mol. The van der Waals surface area contributed by atoms with Crippen LogP contribution in [0.25, 0.3) is 6.08 Å². The first-order valence-corrected chi connectivity index (χ1v) is 6.80. The smallest absolute Gasteiger partial charge is 0.341 e. The summed E-state index contributed by atoms with van der Waals surface area (Å²) in [6.45, 7) is 2.27. The summed E-state index contributed by atoms with van der Waals surface area (Å²) in [5, 5.41) is 17.6. The number of rotatable bonds is 2. The summed E-state index contributed by atoms with van der Waals surface area (Å²) < 4.78 is 39.5. The lowest BCUT2D eigenvalue weighted by atomic mass is 10.0. The van der Waals surface area contributed by atoms with Crippen molar-refractivity contribution in [3.8, 4) is 12.1 Å². The number of halogens is 3. The molecule has 0 N–H and O–H groups in total. The summed E-state index contributed by atoms with van der Waals surface area (Å²) in [6.07, 6.45) is -0.681. The van der Waals surface area contributed by atoms with Crippen molar-refractivity contribution in [3.05, 3.63) is 58.8 Å². The second kappa shape index (κ2) is 6.41. The molecule has 0 amide bonds. The average molecular weight is 315 g/mol. The molecule has 1 aliphatic heterocycles. The number of anilines is 1. The highest BCUT2D eigenvalue weighted by Crippen LogP contribution is 2.35. The van der Waals surface area contributed by atoms with E-state index in [0.717, 1.165) is 17.3 Å². The number of hydrogen-bond acceptors (Lipinski definition) is 3. The minimum absolute atomic E-state index is 0.279. The fourth-order valence-electron chi connectivity index (χ4n) is 2.35. The van der Waals surface area contributed by atoms with E-state index in [4.69, 9.17) is 10.5 Å². The van der Waals surface area contributed by atoms with Crippen LogP contribution in [-0.4, -0.2) is 12.7 Å². The van der Waals surface area contributed by atoms with Crippen LogP contribution in [-0.2, 0) is 0 Å². The molecule has 2 rings (SSSR count). The summed E-state index contributed by atoms with van der Waals surface area (Å²) in [5.41, 5.74) is -0.236. The Morgan fingerprint density at radius 2 is 1.83 bits per heavy atom. The lowest BCUT2D eigenvalue weighted by molar-refractivity contribution is -0.0885. The van der Waals surface area contributed by atoms with E-state index in [1.807, 2.05) is 25.1 Å². The fourth-order valence-corrected chi connectivity index (χ4v) is 2.35. The topological polar surface area (TPSA) is 50.8 Å². The van der Waals surface area contributed by atoms with E-state index in [9.17, 15) is 13.2 Å². The highest BCUT2D eigenvalue weighted by atomic mass is 19.4. The van der Waals surface area contributed by atoms with Crippen LogP contribution in [0.15, 0.2) is 53.3 Å². The molecule has 0 bridgehead atoms. The van der Waals surface area contributed by atoms with E-state index in [-0.39, 0.29) is 5.70 Å². The van der Waals surface area contributed by atoms with Crippen molar-refractivity contribution >= 4 is 11.8 Å². The van der Waals surface area contributed by atoms with Crippen LogP contribution in [0, 0.1) is 22.7 Å². The van der Waals surface area contributed by atoms with E-state index in [1.54, 1.807) is 23.1 Å². The predicted molar refractivity (Wildman–Crippen MR) is 80.9 cm³/mol. The Kier molecular flexibility index (Phi) is 4.57. The van der Waals surface area contributed by atoms with E-state index in [1.165, 1.54) is 12.1 Å². The van der Waals surface area contributed by atoms with Crippen LogP contribution < -0.4 is 4.90 Å². The highest BCUT2D eigenvalue weighted by molar-refractivity contribution is 5.77. The van der Waals surface area contributed by atoms with Gasteiger partial charge in [0.25, 0.3) is 0 Å². The SMILES string of the molecule is CCN1C(=CC(=C(C#N)C#N)C(F)(F)F)C=Cc2ccccc21. The van der Waals surface area contributed by atoms with Crippen molar-refractivity contribution in [1.29, 1.82) is 10.5 Å². The molecule has 0 saturated carbocycles. The zero-order chi connectivity index (χ0) is 17.0. The lowest BCUT2D eigenvalue weighted by Crippen LogP contribution is -2.25. The van der Waals surface area contributed by atoms with Gasteiger partial charge in [-0.1, -0.05) is 24.3 Å². The van der Waals surface area contributed by atoms with Crippen molar-refractivity contribution in [3.63, 3.8) is 0 Å². The lowest BCUT2D eigenvalue weighted by Gasteiger charge is -2.29. The number of para-hydroxylation sites is 1. The Hall–Kier alpha value is -2.99. The van der Waals surface area contributed by atoms with Gasteiger partial charge >= 0.3 is 6.18 Å². The molecule has 116 valence electrons. The van der Waals surface area contributed by atoms with Gasteiger partial charge in [0.2, 0.25) is 0 Å². The fraction of sp³-hybridized carbons (Fsp3) is 0.176. The second-order valence-electron chi connectivity index (χ2n) is 4.72. The molecule has 0 atom stereocenters. The molecule has 0 aromatic heterocycles. The molecule has 0 saturated heterocycles. The highest BCUT2D eigenvalue weighted by Gasteiger charge is 2.36. The molecule has 6 heteroatoms. The quantitative estimate of drug-likeness (QED) is 0.763. The van der Waals surface area contributed by atoms with Gasteiger partial charge < -0.3 is 4.90 Å². The number of nitriles is 2. The zero-order valence-electron chi connectivity index (χ0n) is 12.2. The first-order chi connectivity index (χ1) is 10.9. The maximum absolute atomic E-state index is 13.2. The van der Waals surface area contributed by atoms with Crippen LogP contribution in [0.3, 0.4) is 0 Å². The molecule has 3 nitrogen and oxygen atoms in total. The predicted octanol–water partition coefficient (Wildman–Crippen LogP) is 4.33. The Morgan fingerprint density at radius 1 is 1.17 bits per heavy atom. The van der Waals surface area contributed by atoms with Crippen LogP contribution in [0.4, 0.5) is 18.9 Å². The van der Waals surface area contributed by atoms with Gasteiger partial charge in [-0.05, 0) is 30.7 Å². The summed E-state index contributed by atoms with van der Waals surface area (Å²) in [4.78, 5) is 1.70.